The maximum Gasteiger partial charge on any atom is 0.253 e. The fourth-order valence-electron chi connectivity index (χ4n) is 1.63. The van der Waals surface area contributed by atoms with Gasteiger partial charge in [-0.3, -0.25) is 15.6 Å². The number of carbonyl (C=O) groups is 1. The fraction of sp³-hybridized carbons (Fsp3) is 0.0769. The molecule has 0 fully saturated rings. The van der Waals surface area contributed by atoms with Gasteiger partial charge in [0.05, 0.1) is 17.4 Å². The van der Waals surface area contributed by atoms with Crippen molar-refractivity contribution in [2.24, 2.45) is 5.84 Å². The number of nitrogen functional groups attached to an aromatic ring is 1. The van der Waals surface area contributed by atoms with Crippen molar-refractivity contribution in [3.63, 3.8) is 0 Å². The number of anilines is 1. The van der Waals surface area contributed by atoms with Crippen LogP contribution in [-0.2, 0) is 6.54 Å². The van der Waals surface area contributed by atoms with Crippen molar-refractivity contribution in [1.29, 1.82) is 0 Å². The zero-order valence-electron chi connectivity index (χ0n) is 10.1. The first-order valence-corrected chi connectivity index (χ1v) is 6.02. The number of amides is 1. The molecule has 0 spiro atoms. The average molecular weight is 277 g/mol. The van der Waals surface area contributed by atoms with Crippen LogP contribution in [0.15, 0.2) is 42.7 Å². The lowest BCUT2D eigenvalue weighted by molar-refractivity contribution is 0.0951. The molecule has 0 saturated carbocycles. The molecule has 2 aromatic rings. The summed E-state index contributed by atoms with van der Waals surface area (Å²) in [5, 5.41) is 3.44. The van der Waals surface area contributed by atoms with Gasteiger partial charge in [-0.1, -0.05) is 23.7 Å². The first kappa shape index (κ1) is 13.3. The molecule has 0 saturated heterocycles. The van der Waals surface area contributed by atoms with E-state index in [9.17, 15) is 4.79 Å². The Morgan fingerprint density at radius 1 is 1.37 bits per heavy atom. The van der Waals surface area contributed by atoms with Gasteiger partial charge in [0, 0.05) is 17.8 Å². The van der Waals surface area contributed by atoms with E-state index in [4.69, 9.17) is 17.4 Å². The normalized spacial score (nSPS) is 10.0. The van der Waals surface area contributed by atoms with Gasteiger partial charge in [-0.15, -0.1) is 0 Å². The van der Waals surface area contributed by atoms with E-state index >= 15 is 0 Å². The van der Waals surface area contributed by atoms with Crippen molar-refractivity contribution < 1.29 is 4.79 Å². The summed E-state index contributed by atoms with van der Waals surface area (Å²) in [4.78, 5) is 15.9. The number of carbonyl (C=O) groups excluding carboxylic acids is 1. The lowest BCUT2D eigenvalue weighted by atomic mass is 10.2. The van der Waals surface area contributed by atoms with Gasteiger partial charge in [0.1, 0.15) is 0 Å². The van der Waals surface area contributed by atoms with Crippen LogP contribution in [0.5, 0.6) is 0 Å². The molecular weight excluding hydrogens is 264 g/mol. The number of aromatic nitrogens is 1. The number of halogens is 1. The van der Waals surface area contributed by atoms with Crippen molar-refractivity contribution in [2.45, 2.75) is 6.54 Å². The smallest absolute Gasteiger partial charge is 0.253 e. The van der Waals surface area contributed by atoms with E-state index in [0.717, 1.165) is 5.56 Å². The third-order valence-corrected chi connectivity index (χ3v) is 2.80. The molecule has 0 radical (unpaired) electrons. The lowest BCUT2D eigenvalue weighted by Crippen LogP contribution is -2.24. The summed E-state index contributed by atoms with van der Waals surface area (Å²) in [5.74, 6) is 5.10. The zero-order chi connectivity index (χ0) is 13.7. The second-order valence-corrected chi connectivity index (χ2v) is 4.31. The van der Waals surface area contributed by atoms with Crippen molar-refractivity contribution in [3.05, 3.63) is 58.9 Å². The van der Waals surface area contributed by atoms with Crippen LogP contribution in [0.3, 0.4) is 0 Å². The molecule has 6 heteroatoms. The number of hydrazine groups is 1. The molecule has 4 N–H and O–H groups in total. The van der Waals surface area contributed by atoms with E-state index in [2.05, 4.69) is 15.7 Å². The largest absolute Gasteiger partial charge is 0.348 e. The van der Waals surface area contributed by atoms with Gasteiger partial charge in [0.15, 0.2) is 0 Å². The highest BCUT2D eigenvalue weighted by molar-refractivity contribution is 6.30. The van der Waals surface area contributed by atoms with Crippen LogP contribution >= 0.6 is 11.6 Å². The molecule has 1 amide bonds. The van der Waals surface area contributed by atoms with Crippen LogP contribution in [0.25, 0.3) is 0 Å². The third kappa shape index (κ3) is 3.43. The molecule has 1 aromatic heterocycles. The molecule has 1 aromatic carbocycles. The first-order chi connectivity index (χ1) is 9.20. The van der Waals surface area contributed by atoms with Gasteiger partial charge >= 0.3 is 0 Å². The Morgan fingerprint density at radius 2 is 2.21 bits per heavy atom. The highest BCUT2D eigenvalue weighted by atomic mass is 35.5. The Bertz CT molecular complexity index is 588. The summed E-state index contributed by atoms with van der Waals surface area (Å²) >= 11 is 5.88. The summed E-state index contributed by atoms with van der Waals surface area (Å²) in [6.45, 7) is 0.395. The monoisotopic (exact) mass is 276 g/mol. The van der Waals surface area contributed by atoms with Crippen LogP contribution in [0.1, 0.15) is 15.9 Å². The van der Waals surface area contributed by atoms with Crippen LogP contribution in [0.4, 0.5) is 5.69 Å². The van der Waals surface area contributed by atoms with Crippen molar-refractivity contribution in [3.8, 4) is 0 Å². The summed E-state index contributed by atoms with van der Waals surface area (Å²) in [7, 11) is 0. The predicted octanol–water partition coefficient (Wildman–Crippen LogP) is 1.95. The van der Waals surface area contributed by atoms with Crippen LogP contribution < -0.4 is 16.6 Å². The van der Waals surface area contributed by atoms with Crippen LogP contribution in [-0.4, -0.2) is 10.9 Å². The molecule has 0 unspecified atom stereocenters. The molecule has 2 rings (SSSR count). The molecule has 0 aliphatic rings. The van der Waals surface area contributed by atoms with Crippen molar-refractivity contribution >= 4 is 23.2 Å². The van der Waals surface area contributed by atoms with E-state index < -0.39 is 0 Å². The minimum atomic E-state index is -0.227. The van der Waals surface area contributed by atoms with Crippen LogP contribution in [0.2, 0.25) is 5.02 Å². The number of nitrogens with two attached hydrogens (primary N) is 1. The van der Waals surface area contributed by atoms with Gasteiger partial charge in [0.25, 0.3) is 5.91 Å². The van der Waals surface area contributed by atoms with E-state index in [1.165, 1.54) is 12.4 Å². The van der Waals surface area contributed by atoms with Gasteiger partial charge in [-0.2, -0.15) is 0 Å². The highest BCUT2D eigenvalue weighted by Gasteiger charge is 2.10. The minimum absolute atomic E-state index is 0.227. The number of nitrogens with one attached hydrogen (secondary N) is 2. The van der Waals surface area contributed by atoms with Gasteiger partial charge in [-0.05, 0) is 23.8 Å². The maximum atomic E-state index is 12.0. The summed E-state index contributed by atoms with van der Waals surface area (Å²) in [5.41, 5.74) is 4.29. The molecule has 0 atom stereocenters. The van der Waals surface area contributed by atoms with E-state index in [1.54, 1.807) is 18.2 Å². The second-order valence-electron chi connectivity index (χ2n) is 3.88. The topological polar surface area (TPSA) is 80.0 Å². The molecule has 0 bridgehead atoms. The Labute approximate surface area is 115 Å². The van der Waals surface area contributed by atoms with E-state index in [0.29, 0.717) is 22.8 Å². The van der Waals surface area contributed by atoms with E-state index in [1.807, 2.05) is 12.1 Å². The molecule has 5 nitrogen and oxygen atoms in total. The Hall–Kier alpha value is -2.11. The van der Waals surface area contributed by atoms with Crippen LogP contribution in [0, 0.1) is 0 Å². The quantitative estimate of drug-likeness (QED) is 0.589. The van der Waals surface area contributed by atoms with Crippen molar-refractivity contribution in [2.75, 3.05) is 5.43 Å². The molecule has 98 valence electrons. The predicted molar refractivity (Wildman–Crippen MR) is 74.7 cm³/mol. The Morgan fingerprint density at radius 3 is 2.95 bits per heavy atom. The number of rotatable bonds is 4. The summed E-state index contributed by atoms with van der Waals surface area (Å²) in [6.07, 6.45) is 3.03. The number of hydrogen-bond acceptors (Lipinski definition) is 4. The maximum absolute atomic E-state index is 12.0. The highest BCUT2D eigenvalue weighted by Crippen LogP contribution is 2.13. The number of pyridine rings is 1. The number of hydrogen-bond donors (Lipinski definition) is 3. The SMILES string of the molecule is NNc1cnccc1C(=O)NCc1cccc(Cl)c1. The van der Waals surface area contributed by atoms with Gasteiger partial charge in [-0.25, -0.2) is 0 Å². The molecule has 1 heterocycles. The summed E-state index contributed by atoms with van der Waals surface area (Å²) < 4.78 is 0. The fourth-order valence-corrected chi connectivity index (χ4v) is 1.84. The first-order valence-electron chi connectivity index (χ1n) is 5.64. The molecule has 0 aliphatic carbocycles. The standard InChI is InChI=1S/C13H13ClN4O/c14-10-3-1-2-9(6-10)7-17-13(19)11-4-5-16-8-12(11)18-15/h1-6,8,18H,7,15H2,(H,17,19). The Balaban J connectivity index is 2.05. The minimum Gasteiger partial charge on any atom is -0.348 e. The van der Waals surface area contributed by atoms with E-state index in [-0.39, 0.29) is 5.91 Å². The number of benzene rings is 1. The molecule has 19 heavy (non-hydrogen) atoms. The summed E-state index contributed by atoms with van der Waals surface area (Å²) in [6, 6.07) is 8.91. The average Bonchev–Trinajstić information content (AvgIpc) is 2.45. The molecule has 0 aliphatic heterocycles. The van der Waals surface area contributed by atoms with Crippen molar-refractivity contribution in [1.82, 2.24) is 10.3 Å². The van der Waals surface area contributed by atoms with Gasteiger partial charge in [0.2, 0.25) is 0 Å². The lowest BCUT2D eigenvalue weighted by Gasteiger charge is -2.09. The Kier molecular flexibility index (Phi) is 4.33. The number of nitrogens with zero attached hydrogens (tertiary/aromatic N) is 1. The second kappa shape index (κ2) is 6.17. The third-order valence-electron chi connectivity index (χ3n) is 2.56. The molecular formula is C13H13ClN4O. The zero-order valence-corrected chi connectivity index (χ0v) is 10.8. The van der Waals surface area contributed by atoms with Gasteiger partial charge < -0.3 is 10.7 Å².